The van der Waals surface area contributed by atoms with Crippen molar-refractivity contribution in [2.24, 2.45) is 11.7 Å². The molecule has 1 aromatic carbocycles. The largest absolute Gasteiger partial charge is 0.389 e. The molecular formula is C15H22N2S. The highest BCUT2D eigenvalue weighted by Gasteiger charge is 2.20. The third-order valence-corrected chi connectivity index (χ3v) is 4.20. The van der Waals surface area contributed by atoms with Crippen LogP contribution in [0.3, 0.4) is 0 Å². The van der Waals surface area contributed by atoms with E-state index in [0.717, 1.165) is 17.2 Å². The molecule has 0 amide bonds. The predicted octanol–water partition coefficient (Wildman–Crippen LogP) is 3.70. The number of benzene rings is 1. The summed E-state index contributed by atoms with van der Waals surface area (Å²) in [5.41, 5.74) is 7.81. The van der Waals surface area contributed by atoms with Crippen LogP contribution in [0, 0.1) is 5.92 Å². The van der Waals surface area contributed by atoms with E-state index in [4.69, 9.17) is 18.0 Å². The molecule has 0 atom stereocenters. The Balaban J connectivity index is 2.00. The van der Waals surface area contributed by atoms with Gasteiger partial charge in [-0.15, -0.1) is 0 Å². The van der Waals surface area contributed by atoms with Gasteiger partial charge < -0.3 is 11.1 Å². The summed E-state index contributed by atoms with van der Waals surface area (Å²) in [4.78, 5) is 0.473. The van der Waals surface area contributed by atoms with Gasteiger partial charge in [0.25, 0.3) is 0 Å². The van der Waals surface area contributed by atoms with Crippen molar-refractivity contribution in [1.82, 2.24) is 0 Å². The van der Waals surface area contributed by atoms with Crippen molar-refractivity contribution in [2.45, 2.75) is 45.1 Å². The maximum atomic E-state index is 5.75. The quantitative estimate of drug-likeness (QED) is 0.813. The van der Waals surface area contributed by atoms with Gasteiger partial charge in [0.05, 0.1) is 0 Å². The van der Waals surface area contributed by atoms with Crippen LogP contribution in [-0.4, -0.2) is 11.0 Å². The van der Waals surface area contributed by atoms with Crippen molar-refractivity contribution in [3.63, 3.8) is 0 Å². The number of nitrogens with one attached hydrogen (secondary N) is 1. The molecule has 3 heteroatoms. The SMILES string of the molecule is CCC1CCC(Nc2ccccc2C(N)=S)CC1. The monoisotopic (exact) mass is 262 g/mol. The lowest BCUT2D eigenvalue weighted by molar-refractivity contribution is 0.330. The van der Waals surface area contributed by atoms with Crippen molar-refractivity contribution in [3.8, 4) is 0 Å². The normalized spacial score (nSPS) is 23.6. The van der Waals surface area contributed by atoms with Crippen LogP contribution in [0.4, 0.5) is 5.69 Å². The fourth-order valence-electron chi connectivity index (χ4n) is 2.76. The molecule has 1 fully saturated rings. The summed E-state index contributed by atoms with van der Waals surface area (Å²) in [5, 5.41) is 3.61. The topological polar surface area (TPSA) is 38.0 Å². The van der Waals surface area contributed by atoms with Crippen molar-refractivity contribution in [1.29, 1.82) is 0 Å². The van der Waals surface area contributed by atoms with Crippen molar-refractivity contribution < 1.29 is 0 Å². The van der Waals surface area contributed by atoms with E-state index in [1.807, 2.05) is 18.2 Å². The molecule has 2 nitrogen and oxygen atoms in total. The van der Waals surface area contributed by atoms with E-state index in [9.17, 15) is 0 Å². The first-order valence-electron chi connectivity index (χ1n) is 6.86. The molecule has 18 heavy (non-hydrogen) atoms. The van der Waals surface area contributed by atoms with E-state index in [1.165, 1.54) is 32.1 Å². The van der Waals surface area contributed by atoms with Crippen LogP contribution in [0.2, 0.25) is 0 Å². The van der Waals surface area contributed by atoms with E-state index < -0.39 is 0 Å². The van der Waals surface area contributed by atoms with Crippen LogP contribution in [0.1, 0.15) is 44.6 Å². The summed E-state index contributed by atoms with van der Waals surface area (Å²) < 4.78 is 0. The van der Waals surface area contributed by atoms with Gasteiger partial charge in [-0.05, 0) is 43.7 Å². The number of nitrogens with two attached hydrogens (primary N) is 1. The molecule has 0 saturated heterocycles. The Morgan fingerprint density at radius 1 is 1.28 bits per heavy atom. The lowest BCUT2D eigenvalue weighted by atomic mass is 9.84. The standard InChI is InChI=1S/C15H22N2S/c1-2-11-7-9-12(10-8-11)17-14-6-4-3-5-13(14)15(16)18/h3-6,11-12,17H,2,7-10H2,1H3,(H2,16,18). The zero-order chi connectivity index (χ0) is 13.0. The first kappa shape index (κ1) is 13.3. The molecule has 0 unspecified atom stereocenters. The molecule has 1 saturated carbocycles. The Bertz CT molecular complexity index is 409. The van der Waals surface area contributed by atoms with E-state index in [1.54, 1.807) is 0 Å². The Hall–Kier alpha value is -1.09. The van der Waals surface area contributed by atoms with Crippen LogP contribution in [0.25, 0.3) is 0 Å². The van der Waals surface area contributed by atoms with Crippen molar-refractivity contribution in [2.75, 3.05) is 5.32 Å². The highest BCUT2D eigenvalue weighted by atomic mass is 32.1. The molecule has 0 radical (unpaired) electrons. The molecule has 1 aromatic rings. The minimum atomic E-state index is 0.473. The van der Waals surface area contributed by atoms with Crippen LogP contribution < -0.4 is 11.1 Å². The molecular weight excluding hydrogens is 240 g/mol. The van der Waals surface area contributed by atoms with E-state index in [-0.39, 0.29) is 0 Å². The van der Waals surface area contributed by atoms with Gasteiger partial charge in [0, 0.05) is 17.3 Å². The Kier molecular flexibility index (Phi) is 4.59. The molecule has 2 rings (SSSR count). The molecule has 3 N–H and O–H groups in total. The summed E-state index contributed by atoms with van der Waals surface area (Å²) in [6.07, 6.45) is 6.50. The predicted molar refractivity (Wildman–Crippen MR) is 82.0 cm³/mol. The molecule has 0 bridgehead atoms. The fourth-order valence-corrected chi connectivity index (χ4v) is 2.94. The first-order chi connectivity index (χ1) is 8.70. The van der Waals surface area contributed by atoms with Crippen LogP contribution in [0.15, 0.2) is 24.3 Å². The Labute approximate surface area is 115 Å². The summed E-state index contributed by atoms with van der Waals surface area (Å²) in [6, 6.07) is 8.64. The van der Waals surface area contributed by atoms with E-state index >= 15 is 0 Å². The lowest BCUT2D eigenvalue weighted by Crippen LogP contribution is -2.27. The fraction of sp³-hybridized carbons (Fsp3) is 0.533. The van der Waals surface area contributed by atoms with Gasteiger partial charge in [-0.3, -0.25) is 0 Å². The van der Waals surface area contributed by atoms with Crippen molar-refractivity contribution >= 4 is 22.9 Å². The molecule has 1 aliphatic rings. The summed E-state index contributed by atoms with van der Waals surface area (Å²) >= 11 is 5.09. The molecule has 0 heterocycles. The minimum absolute atomic E-state index is 0.473. The number of hydrogen-bond donors (Lipinski definition) is 2. The Morgan fingerprint density at radius 3 is 2.56 bits per heavy atom. The van der Waals surface area contributed by atoms with Crippen LogP contribution >= 0.6 is 12.2 Å². The minimum Gasteiger partial charge on any atom is -0.389 e. The Morgan fingerprint density at radius 2 is 1.94 bits per heavy atom. The van der Waals surface area contributed by atoms with Gasteiger partial charge in [0.1, 0.15) is 4.99 Å². The second-order valence-electron chi connectivity index (χ2n) is 5.18. The molecule has 0 spiro atoms. The highest BCUT2D eigenvalue weighted by molar-refractivity contribution is 7.80. The van der Waals surface area contributed by atoms with E-state index in [0.29, 0.717) is 11.0 Å². The number of anilines is 1. The van der Waals surface area contributed by atoms with Gasteiger partial charge in [-0.2, -0.15) is 0 Å². The molecule has 0 aromatic heterocycles. The second-order valence-corrected chi connectivity index (χ2v) is 5.62. The third kappa shape index (κ3) is 3.22. The maximum absolute atomic E-state index is 5.75. The second kappa shape index (κ2) is 6.19. The number of thiocarbonyl (C=S) groups is 1. The zero-order valence-corrected chi connectivity index (χ0v) is 11.8. The van der Waals surface area contributed by atoms with Crippen LogP contribution in [-0.2, 0) is 0 Å². The number of para-hydroxylation sites is 1. The smallest absolute Gasteiger partial charge is 0.106 e. The first-order valence-corrected chi connectivity index (χ1v) is 7.27. The summed E-state index contributed by atoms with van der Waals surface area (Å²) in [7, 11) is 0. The van der Waals surface area contributed by atoms with Gasteiger partial charge in [-0.1, -0.05) is 37.7 Å². The van der Waals surface area contributed by atoms with Crippen molar-refractivity contribution in [3.05, 3.63) is 29.8 Å². The average molecular weight is 262 g/mol. The third-order valence-electron chi connectivity index (χ3n) is 3.98. The molecule has 1 aliphatic carbocycles. The van der Waals surface area contributed by atoms with Gasteiger partial charge in [0.2, 0.25) is 0 Å². The van der Waals surface area contributed by atoms with Gasteiger partial charge in [0.15, 0.2) is 0 Å². The highest BCUT2D eigenvalue weighted by Crippen LogP contribution is 2.29. The maximum Gasteiger partial charge on any atom is 0.106 e. The number of hydrogen-bond acceptors (Lipinski definition) is 2. The number of rotatable bonds is 4. The molecule has 98 valence electrons. The van der Waals surface area contributed by atoms with Crippen LogP contribution in [0.5, 0.6) is 0 Å². The summed E-state index contributed by atoms with van der Waals surface area (Å²) in [6.45, 7) is 2.29. The van der Waals surface area contributed by atoms with Gasteiger partial charge >= 0.3 is 0 Å². The lowest BCUT2D eigenvalue weighted by Gasteiger charge is -2.29. The van der Waals surface area contributed by atoms with Gasteiger partial charge in [-0.25, -0.2) is 0 Å². The summed E-state index contributed by atoms with van der Waals surface area (Å²) in [5.74, 6) is 0.925. The van der Waals surface area contributed by atoms with E-state index in [2.05, 4.69) is 18.3 Å². The average Bonchev–Trinajstić information content (AvgIpc) is 2.40. The zero-order valence-electron chi connectivity index (χ0n) is 11.0. The molecule has 0 aliphatic heterocycles.